The summed E-state index contributed by atoms with van der Waals surface area (Å²) in [5.41, 5.74) is 2.50. The average molecular weight is 312 g/mol. The molecule has 0 aliphatic rings. The van der Waals surface area contributed by atoms with Crippen molar-refractivity contribution in [2.45, 2.75) is 13.0 Å². The number of hydrogen-bond acceptors (Lipinski definition) is 4. The molecule has 0 spiro atoms. The fraction of sp³-hybridized carbons (Fsp3) is 0.176. The number of aromatic nitrogens is 3. The van der Waals surface area contributed by atoms with Gasteiger partial charge in [0.1, 0.15) is 17.4 Å². The van der Waals surface area contributed by atoms with Crippen LogP contribution >= 0.6 is 0 Å². The van der Waals surface area contributed by atoms with Gasteiger partial charge >= 0.3 is 0 Å². The van der Waals surface area contributed by atoms with Gasteiger partial charge in [0.25, 0.3) is 0 Å². The second kappa shape index (κ2) is 6.48. The van der Waals surface area contributed by atoms with Crippen LogP contribution in [0.1, 0.15) is 18.8 Å². The molecule has 0 radical (unpaired) electrons. The number of hydrogen-bond donors (Lipinski definition) is 2. The second-order valence-corrected chi connectivity index (χ2v) is 5.11. The van der Waals surface area contributed by atoms with Crippen molar-refractivity contribution in [3.8, 4) is 16.9 Å². The van der Waals surface area contributed by atoms with Gasteiger partial charge in [-0.25, -0.2) is 9.37 Å². The number of ether oxygens (including phenoxy) is 1. The molecule has 3 aromatic rings. The summed E-state index contributed by atoms with van der Waals surface area (Å²) in [4.78, 5) is 11.5. The lowest BCUT2D eigenvalue weighted by Crippen LogP contribution is -2.09. The van der Waals surface area contributed by atoms with E-state index in [4.69, 9.17) is 4.74 Å². The quantitative estimate of drug-likeness (QED) is 0.752. The SMILES string of the molecule is COc1cc(F)ccc1-c1ccncc1NC(C)c1ncc[nH]1. The van der Waals surface area contributed by atoms with Crippen LogP contribution in [0.4, 0.5) is 10.1 Å². The number of nitrogens with one attached hydrogen (secondary N) is 2. The maximum atomic E-state index is 13.4. The van der Waals surface area contributed by atoms with Gasteiger partial charge < -0.3 is 15.0 Å². The van der Waals surface area contributed by atoms with E-state index in [-0.39, 0.29) is 11.9 Å². The van der Waals surface area contributed by atoms with Crippen LogP contribution in [-0.4, -0.2) is 22.1 Å². The fourth-order valence-corrected chi connectivity index (χ4v) is 2.45. The minimum atomic E-state index is -0.335. The Bertz CT molecular complexity index is 789. The Kier molecular flexibility index (Phi) is 4.23. The van der Waals surface area contributed by atoms with Gasteiger partial charge in [-0.3, -0.25) is 4.98 Å². The zero-order valence-corrected chi connectivity index (χ0v) is 12.9. The van der Waals surface area contributed by atoms with Crippen molar-refractivity contribution >= 4 is 5.69 Å². The van der Waals surface area contributed by atoms with Crippen molar-refractivity contribution in [2.24, 2.45) is 0 Å². The molecular formula is C17H17FN4O. The van der Waals surface area contributed by atoms with E-state index in [1.807, 2.05) is 13.0 Å². The van der Waals surface area contributed by atoms with Crippen LogP contribution in [0, 0.1) is 5.82 Å². The summed E-state index contributed by atoms with van der Waals surface area (Å²) in [7, 11) is 1.53. The van der Waals surface area contributed by atoms with Crippen LogP contribution in [0.3, 0.4) is 0 Å². The number of halogens is 1. The first-order valence-corrected chi connectivity index (χ1v) is 7.22. The molecule has 0 saturated carbocycles. The lowest BCUT2D eigenvalue weighted by atomic mass is 10.0. The van der Waals surface area contributed by atoms with Crippen molar-refractivity contribution in [3.05, 3.63) is 60.7 Å². The minimum absolute atomic E-state index is 0.0283. The maximum absolute atomic E-state index is 13.4. The minimum Gasteiger partial charge on any atom is -0.496 e. The molecule has 2 aromatic heterocycles. The zero-order chi connectivity index (χ0) is 16.2. The number of rotatable bonds is 5. The third-order valence-electron chi connectivity index (χ3n) is 3.58. The molecule has 118 valence electrons. The summed E-state index contributed by atoms with van der Waals surface area (Å²) in [5, 5.41) is 3.37. The highest BCUT2D eigenvalue weighted by Gasteiger charge is 2.14. The molecule has 0 aliphatic carbocycles. The number of H-pyrrole nitrogens is 1. The predicted octanol–water partition coefficient (Wildman–Crippen LogP) is 3.79. The lowest BCUT2D eigenvalue weighted by Gasteiger charge is -2.17. The average Bonchev–Trinajstić information content (AvgIpc) is 3.10. The molecule has 0 aliphatic heterocycles. The summed E-state index contributed by atoms with van der Waals surface area (Å²) < 4.78 is 18.7. The van der Waals surface area contributed by atoms with Crippen LogP contribution in [0.25, 0.3) is 11.1 Å². The molecule has 5 nitrogen and oxygen atoms in total. The molecule has 1 aromatic carbocycles. The van der Waals surface area contributed by atoms with Crippen LogP contribution in [0.5, 0.6) is 5.75 Å². The van der Waals surface area contributed by atoms with Gasteiger partial charge in [-0.1, -0.05) is 0 Å². The van der Waals surface area contributed by atoms with E-state index in [0.717, 1.165) is 22.6 Å². The zero-order valence-electron chi connectivity index (χ0n) is 12.9. The number of pyridine rings is 1. The van der Waals surface area contributed by atoms with E-state index < -0.39 is 0 Å². The third-order valence-corrected chi connectivity index (χ3v) is 3.58. The van der Waals surface area contributed by atoms with E-state index in [2.05, 4.69) is 20.3 Å². The molecule has 2 heterocycles. The standard InChI is InChI=1S/C17H17FN4O/c1-11(17-20-7-8-21-17)22-15-10-19-6-5-13(15)14-4-3-12(18)9-16(14)23-2/h3-11,22H,1-2H3,(H,20,21). The molecule has 1 unspecified atom stereocenters. The summed E-state index contributed by atoms with van der Waals surface area (Å²) in [6.45, 7) is 2.00. The first-order valence-electron chi connectivity index (χ1n) is 7.22. The summed E-state index contributed by atoms with van der Waals surface area (Å²) in [6, 6.07) is 6.33. The normalized spacial score (nSPS) is 12.0. The maximum Gasteiger partial charge on any atom is 0.129 e. The number of methoxy groups -OCH3 is 1. The van der Waals surface area contributed by atoms with Crippen molar-refractivity contribution in [2.75, 3.05) is 12.4 Å². The number of anilines is 1. The Balaban J connectivity index is 1.98. The number of nitrogens with zero attached hydrogens (tertiary/aromatic N) is 2. The highest BCUT2D eigenvalue weighted by molar-refractivity contribution is 5.81. The molecule has 6 heteroatoms. The van der Waals surface area contributed by atoms with Gasteiger partial charge in [0.2, 0.25) is 0 Å². The van der Waals surface area contributed by atoms with E-state index in [0.29, 0.717) is 5.75 Å². The second-order valence-electron chi connectivity index (χ2n) is 5.11. The van der Waals surface area contributed by atoms with Crippen LogP contribution < -0.4 is 10.1 Å². The number of aromatic amines is 1. The molecular weight excluding hydrogens is 295 g/mol. The smallest absolute Gasteiger partial charge is 0.129 e. The molecule has 0 bridgehead atoms. The highest BCUT2D eigenvalue weighted by Crippen LogP contribution is 2.36. The molecule has 0 saturated heterocycles. The Morgan fingerprint density at radius 2 is 2.09 bits per heavy atom. The molecule has 1 atom stereocenters. The lowest BCUT2D eigenvalue weighted by molar-refractivity contribution is 0.413. The van der Waals surface area contributed by atoms with Gasteiger partial charge in [-0.2, -0.15) is 0 Å². The highest BCUT2D eigenvalue weighted by atomic mass is 19.1. The predicted molar refractivity (Wildman–Crippen MR) is 86.8 cm³/mol. The molecule has 0 amide bonds. The Hall–Kier alpha value is -2.89. The van der Waals surface area contributed by atoms with Crippen molar-refractivity contribution in [1.82, 2.24) is 15.0 Å². The number of benzene rings is 1. The van der Waals surface area contributed by atoms with Crippen LogP contribution in [-0.2, 0) is 0 Å². The summed E-state index contributed by atoms with van der Waals surface area (Å²) in [5.74, 6) is 0.967. The molecule has 0 fully saturated rings. The Morgan fingerprint density at radius 1 is 1.22 bits per heavy atom. The molecule has 2 N–H and O–H groups in total. The van der Waals surface area contributed by atoms with E-state index in [1.165, 1.54) is 19.2 Å². The van der Waals surface area contributed by atoms with Gasteiger partial charge in [-0.15, -0.1) is 0 Å². The monoisotopic (exact) mass is 312 g/mol. The first-order chi connectivity index (χ1) is 11.2. The topological polar surface area (TPSA) is 62.8 Å². The van der Waals surface area contributed by atoms with Crippen LogP contribution in [0.15, 0.2) is 49.1 Å². The van der Waals surface area contributed by atoms with Gasteiger partial charge in [-0.05, 0) is 25.1 Å². The van der Waals surface area contributed by atoms with Crippen molar-refractivity contribution in [3.63, 3.8) is 0 Å². The van der Waals surface area contributed by atoms with Gasteiger partial charge in [0.05, 0.1) is 25.0 Å². The third kappa shape index (κ3) is 3.15. The van der Waals surface area contributed by atoms with E-state index in [1.54, 1.807) is 30.9 Å². The molecule has 3 rings (SSSR count). The fourth-order valence-electron chi connectivity index (χ4n) is 2.45. The number of imidazole rings is 1. The van der Waals surface area contributed by atoms with E-state index >= 15 is 0 Å². The Morgan fingerprint density at radius 3 is 2.83 bits per heavy atom. The first kappa shape index (κ1) is 15.0. The van der Waals surface area contributed by atoms with E-state index in [9.17, 15) is 4.39 Å². The van der Waals surface area contributed by atoms with Gasteiger partial charge in [0.15, 0.2) is 0 Å². The summed E-state index contributed by atoms with van der Waals surface area (Å²) in [6.07, 6.45) is 6.92. The Labute approximate surface area is 133 Å². The van der Waals surface area contributed by atoms with Gasteiger partial charge in [0, 0.05) is 35.8 Å². The van der Waals surface area contributed by atoms with Crippen molar-refractivity contribution < 1.29 is 9.13 Å². The molecule has 23 heavy (non-hydrogen) atoms. The summed E-state index contributed by atoms with van der Waals surface area (Å²) >= 11 is 0. The van der Waals surface area contributed by atoms with Crippen molar-refractivity contribution in [1.29, 1.82) is 0 Å². The van der Waals surface area contributed by atoms with Crippen LogP contribution in [0.2, 0.25) is 0 Å². The largest absolute Gasteiger partial charge is 0.496 e.